The molecular weight excluding hydrogens is 152 g/mol. The minimum Gasteiger partial charge on any atom is -0.338 e. The largest absolute Gasteiger partial charge is 0.338 e. The molecular formula is C9H9N2O. The van der Waals surface area contributed by atoms with E-state index in [4.69, 9.17) is 0 Å². The summed E-state index contributed by atoms with van der Waals surface area (Å²) in [5.74, 6) is 0.0859. The topological polar surface area (TPSA) is 33.2 Å². The number of hydrogen-bond acceptors (Lipinski definition) is 2. The molecule has 0 unspecified atom stereocenters. The number of carbonyl (C=O) groups is 1. The van der Waals surface area contributed by atoms with Crippen molar-refractivity contribution in [2.45, 2.75) is 6.42 Å². The number of likely N-dealkylation sites (tertiary alicyclic amines) is 1. The van der Waals surface area contributed by atoms with Gasteiger partial charge in [0.05, 0.1) is 11.8 Å². The van der Waals surface area contributed by atoms with Gasteiger partial charge in [0.2, 0.25) is 0 Å². The number of hydrogen-bond donors (Lipinski definition) is 0. The number of nitrogens with zero attached hydrogens (tertiary/aromatic N) is 2. The Bertz CT molecular complexity index is 280. The maximum atomic E-state index is 11.5. The van der Waals surface area contributed by atoms with Gasteiger partial charge in [0.25, 0.3) is 5.91 Å². The van der Waals surface area contributed by atoms with Gasteiger partial charge >= 0.3 is 0 Å². The van der Waals surface area contributed by atoms with Gasteiger partial charge in [0, 0.05) is 19.3 Å². The van der Waals surface area contributed by atoms with Crippen LogP contribution >= 0.6 is 0 Å². The van der Waals surface area contributed by atoms with E-state index < -0.39 is 0 Å². The predicted octanol–water partition coefficient (Wildman–Crippen LogP) is 0.728. The van der Waals surface area contributed by atoms with Gasteiger partial charge in [-0.1, -0.05) is 0 Å². The van der Waals surface area contributed by atoms with Crippen LogP contribution in [0.1, 0.15) is 16.8 Å². The van der Waals surface area contributed by atoms with Crippen LogP contribution in [0.5, 0.6) is 0 Å². The molecule has 1 aromatic heterocycles. The lowest BCUT2D eigenvalue weighted by atomic mass is 10.1. The molecule has 1 radical (unpaired) electrons. The van der Waals surface area contributed by atoms with E-state index in [-0.39, 0.29) is 5.91 Å². The molecule has 1 aliphatic rings. The molecule has 61 valence electrons. The minimum atomic E-state index is 0.0859. The van der Waals surface area contributed by atoms with Gasteiger partial charge in [-0.25, -0.2) is 0 Å². The van der Waals surface area contributed by atoms with Crippen molar-refractivity contribution in [3.05, 3.63) is 30.1 Å². The minimum absolute atomic E-state index is 0.0859. The Labute approximate surface area is 71.0 Å². The Kier molecular flexibility index (Phi) is 1.78. The van der Waals surface area contributed by atoms with E-state index in [2.05, 4.69) is 11.2 Å². The zero-order valence-electron chi connectivity index (χ0n) is 6.66. The molecule has 0 saturated carbocycles. The van der Waals surface area contributed by atoms with Gasteiger partial charge in [-0.3, -0.25) is 9.78 Å². The second kappa shape index (κ2) is 2.93. The van der Waals surface area contributed by atoms with Gasteiger partial charge < -0.3 is 4.90 Å². The molecule has 2 heterocycles. The summed E-state index contributed by atoms with van der Waals surface area (Å²) in [4.78, 5) is 17.1. The standard InChI is InChI=1S/C9H9N2O/c12-9(11-5-2-6-11)8-3-1-4-10-7-8/h1,3,7H,2,5-6H2. The maximum absolute atomic E-state index is 11.5. The average Bonchev–Trinajstić information content (AvgIpc) is 2.03. The van der Waals surface area contributed by atoms with Crippen LogP contribution in [0.4, 0.5) is 0 Å². The number of aromatic nitrogens is 1. The summed E-state index contributed by atoms with van der Waals surface area (Å²) in [6, 6.07) is 3.40. The predicted molar refractivity (Wildman–Crippen MR) is 43.6 cm³/mol. The van der Waals surface area contributed by atoms with Crippen LogP contribution < -0.4 is 0 Å². The molecule has 1 saturated heterocycles. The van der Waals surface area contributed by atoms with Crippen LogP contribution in [0.2, 0.25) is 0 Å². The SMILES string of the molecule is O=C(c1cc[c]nc1)N1CCC1. The lowest BCUT2D eigenvalue weighted by Gasteiger charge is -2.30. The first-order valence-corrected chi connectivity index (χ1v) is 3.99. The van der Waals surface area contributed by atoms with Gasteiger partial charge in [-0.15, -0.1) is 0 Å². The van der Waals surface area contributed by atoms with Crippen LogP contribution in [0.3, 0.4) is 0 Å². The van der Waals surface area contributed by atoms with E-state index in [1.54, 1.807) is 18.3 Å². The second-order valence-corrected chi connectivity index (χ2v) is 2.82. The molecule has 3 nitrogen and oxygen atoms in total. The van der Waals surface area contributed by atoms with Crippen molar-refractivity contribution < 1.29 is 4.79 Å². The van der Waals surface area contributed by atoms with Crippen molar-refractivity contribution in [1.82, 2.24) is 9.88 Å². The molecule has 1 aliphatic heterocycles. The van der Waals surface area contributed by atoms with Crippen molar-refractivity contribution in [3.8, 4) is 0 Å². The normalized spacial score (nSPS) is 15.5. The van der Waals surface area contributed by atoms with E-state index in [1.165, 1.54) is 0 Å². The average molecular weight is 161 g/mol. The van der Waals surface area contributed by atoms with Gasteiger partial charge in [0.15, 0.2) is 0 Å². The quantitative estimate of drug-likeness (QED) is 0.608. The third-order valence-electron chi connectivity index (χ3n) is 2.01. The van der Waals surface area contributed by atoms with Crippen molar-refractivity contribution in [2.24, 2.45) is 0 Å². The number of carbonyl (C=O) groups excluding carboxylic acids is 1. The fourth-order valence-electron chi connectivity index (χ4n) is 1.15. The highest BCUT2D eigenvalue weighted by atomic mass is 16.2. The molecule has 0 aliphatic carbocycles. The summed E-state index contributed by atoms with van der Waals surface area (Å²) >= 11 is 0. The summed E-state index contributed by atoms with van der Waals surface area (Å²) in [5, 5.41) is 0. The first-order chi connectivity index (χ1) is 5.88. The van der Waals surface area contributed by atoms with E-state index in [0.717, 1.165) is 19.5 Å². The Morgan fingerprint density at radius 2 is 2.42 bits per heavy atom. The van der Waals surface area contributed by atoms with Gasteiger partial charge in [-0.2, -0.15) is 0 Å². The summed E-state index contributed by atoms with van der Waals surface area (Å²) < 4.78 is 0. The zero-order valence-corrected chi connectivity index (χ0v) is 6.66. The Morgan fingerprint density at radius 3 is 2.92 bits per heavy atom. The summed E-state index contributed by atoms with van der Waals surface area (Å²) in [6.45, 7) is 1.77. The molecule has 0 N–H and O–H groups in total. The van der Waals surface area contributed by atoms with E-state index in [1.807, 2.05) is 4.90 Å². The van der Waals surface area contributed by atoms with Gasteiger partial charge in [-0.05, 0) is 18.6 Å². The highest BCUT2D eigenvalue weighted by Gasteiger charge is 2.21. The van der Waals surface area contributed by atoms with Crippen molar-refractivity contribution in [2.75, 3.05) is 13.1 Å². The first-order valence-electron chi connectivity index (χ1n) is 3.99. The van der Waals surface area contributed by atoms with E-state index in [0.29, 0.717) is 5.56 Å². The smallest absolute Gasteiger partial charge is 0.255 e. The Balaban J connectivity index is 2.14. The lowest BCUT2D eigenvalue weighted by molar-refractivity contribution is 0.0651. The molecule has 0 atom stereocenters. The van der Waals surface area contributed by atoms with Crippen LogP contribution in [-0.4, -0.2) is 28.9 Å². The lowest BCUT2D eigenvalue weighted by Crippen LogP contribution is -2.42. The third-order valence-corrected chi connectivity index (χ3v) is 2.01. The van der Waals surface area contributed by atoms with Crippen molar-refractivity contribution >= 4 is 5.91 Å². The van der Waals surface area contributed by atoms with Crippen LogP contribution in [0.25, 0.3) is 0 Å². The van der Waals surface area contributed by atoms with Gasteiger partial charge in [0.1, 0.15) is 0 Å². The fraction of sp³-hybridized carbons (Fsp3) is 0.333. The third kappa shape index (κ3) is 1.18. The molecule has 3 heteroatoms. The Morgan fingerprint density at radius 1 is 1.58 bits per heavy atom. The molecule has 0 aromatic carbocycles. The highest BCUT2D eigenvalue weighted by molar-refractivity contribution is 5.94. The second-order valence-electron chi connectivity index (χ2n) is 2.82. The molecule has 1 amide bonds. The molecule has 2 rings (SSSR count). The molecule has 0 spiro atoms. The fourth-order valence-corrected chi connectivity index (χ4v) is 1.15. The molecule has 1 fully saturated rings. The number of pyridine rings is 1. The van der Waals surface area contributed by atoms with E-state index in [9.17, 15) is 4.79 Å². The molecule has 0 bridgehead atoms. The van der Waals surface area contributed by atoms with Crippen molar-refractivity contribution in [1.29, 1.82) is 0 Å². The van der Waals surface area contributed by atoms with Crippen molar-refractivity contribution in [3.63, 3.8) is 0 Å². The van der Waals surface area contributed by atoms with E-state index >= 15 is 0 Å². The van der Waals surface area contributed by atoms with Crippen LogP contribution in [0, 0.1) is 6.20 Å². The first kappa shape index (κ1) is 7.28. The summed E-state index contributed by atoms with van der Waals surface area (Å²) in [5.41, 5.74) is 0.661. The van der Waals surface area contributed by atoms with Crippen LogP contribution in [-0.2, 0) is 0 Å². The Hall–Kier alpha value is -1.38. The summed E-state index contributed by atoms with van der Waals surface area (Å²) in [6.07, 6.45) is 5.32. The molecule has 1 aromatic rings. The zero-order chi connectivity index (χ0) is 8.39. The molecule has 12 heavy (non-hydrogen) atoms. The monoisotopic (exact) mass is 161 g/mol. The highest BCUT2D eigenvalue weighted by Crippen LogP contribution is 2.10. The van der Waals surface area contributed by atoms with Crippen LogP contribution in [0.15, 0.2) is 18.3 Å². The number of amides is 1. The number of rotatable bonds is 1. The summed E-state index contributed by atoms with van der Waals surface area (Å²) in [7, 11) is 0. The maximum Gasteiger partial charge on any atom is 0.255 e.